The van der Waals surface area contributed by atoms with Gasteiger partial charge in [0.2, 0.25) is 0 Å². The number of nitrogens with zero attached hydrogens (tertiary/aromatic N) is 1. The van der Waals surface area contributed by atoms with Crippen molar-refractivity contribution in [2.75, 3.05) is 6.54 Å². The highest BCUT2D eigenvalue weighted by atomic mass is 32.1. The number of aliphatic hydroxyl groups is 1. The molecule has 2 aromatic carbocycles. The third-order valence-corrected chi connectivity index (χ3v) is 5.49. The molecule has 130 valence electrons. The van der Waals surface area contributed by atoms with E-state index in [1.165, 1.54) is 12.1 Å². The van der Waals surface area contributed by atoms with E-state index < -0.39 is 6.10 Å². The van der Waals surface area contributed by atoms with Crippen LogP contribution in [-0.4, -0.2) is 16.6 Å². The fourth-order valence-electron chi connectivity index (χ4n) is 2.73. The summed E-state index contributed by atoms with van der Waals surface area (Å²) in [6.45, 7) is 4.40. The maximum atomic E-state index is 13.3. The molecule has 25 heavy (non-hydrogen) atoms. The second-order valence-corrected chi connectivity index (χ2v) is 7.07. The molecule has 0 aliphatic carbocycles. The van der Waals surface area contributed by atoms with Gasteiger partial charge in [0.15, 0.2) is 0 Å². The largest absolute Gasteiger partial charge is 0.387 e. The van der Waals surface area contributed by atoms with Crippen LogP contribution < -0.4 is 5.32 Å². The van der Waals surface area contributed by atoms with Crippen LogP contribution in [0.15, 0.2) is 54.6 Å². The molecule has 3 aromatic rings. The predicted octanol–water partition coefficient (Wildman–Crippen LogP) is 4.64. The molecule has 2 N–H and O–H groups in total. The zero-order valence-corrected chi connectivity index (χ0v) is 15.1. The van der Waals surface area contributed by atoms with Gasteiger partial charge in [-0.05, 0) is 31.5 Å². The van der Waals surface area contributed by atoms with Gasteiger partial charge in [-0.3, -0.25) is 0 Å². The SMILES string of the molecule is Cc1nc(-c2ccccc2)sc1C(C)NCC(O)c1cccc(F)c1. The molecule has 0 saturated carbocycles. The number of rotatable bonds is 6. The monoisotopic (exact) mass is 356 g/mol. The normalized spacial score (nSPS) is 13.6. The van der Waals surface area contributed by atoms with Gasteiger partial charge in [-0.2, -0.15) is 0 Å². The van der Waals surface area contributed by atoms with Crippen molar-refractivity contribution < 1.29 is 9.50 Å². The maximum Gasteiger partial charge on any atom is 0.123 e. The number of aliphatic hydroxyl groups excluding tert-OH is 1. The molecule has 1 aromatic heterocycles. The fraction of sp³-hybridized carbons (Fsp3) is 0.250. The number of nitrogens with one attached hydrogen (secondary N) is 1. The van der Waals surface area contributed by atoms with Gasteiger partial charge in [-0.25, -0.2) is 9.37 Å². The van der Waals surface area contributed by atoms with E-state index in [4.69, 9.17) is 0 Å². The number of hydrogen-bond donors (Lipinski definition) is 2. The first kappa shape index (κ1) is 17.7. The van der Waals surface area contributed by atoms with E-state index in [0.29, 0.717) is 12.1 Å². The minimum absolute atomic E-state index is 0.0539. The van der Waals surface area contributed by atoms with Crippen molar-refractivity contribution in [3.8, 4) is 10.6 Å². The first-order valence-corrected chi connectivity index (χ1v) is 9.06. The van der Waals surface area contributed by atoms with Crippen LogP contribution in [0.25, 0.3) is 10.6 Å². The van der Waals surface area contributed by atoms with Crippen molar-refractivity contribution in [2.45, 2.75) is 26.0 Å². The molecule has 0 fully saturated rings. The van der Waals surface area contributed by atoms with Crippen LogP contribution in [0.2, 0.25) is 0 Å². The van der Waals surface area contributed by atoms with Gasteiger partial charge >= 0.3 is 0 Å². The first-order valence-electron chi connectivity index (χ1n) is 8.24. The number of thiazole rings is 1. The summed E-state index contributed by atoms with van der Waals surface area (Å²) in [5.74, 6) is -0.338. The number of aryl methyl sites for hydroxylation is 1. The maximum absolute atomic E-state index is 13.3. The minimum atomic E-state index is -0.750. The molecule has 0 amide bonds. The molecule has 1 heterocycles. The molecular weight excluding hydrogens is 335 g/mol. The number of aromatic nitrogens is 1. The molecular formula is C20H21FN2OS. The topological polar surface area (TPSA) is 45.2 Å². The zero-order chi connectivity index (χ0) is 17.8. The smallest absolute Gasteiger partial charge is 0.123 e. The standard InChI is InChI=1S/C20H21FN2OS/c1-13(22-12-18(24)16-9-6-10-17(21)11-16)19-14(2)23-20(25-19)15-7-4-3-5-8-15/h3-11,13,18,22,24H,12H2,1-2H3. The molecule has 0 saturated heterocycles. The van der Waals surface area contributed by atoms with Crippen molar-refractivity contribution >= 4 is 11.3 Å². The summed E-state index contributed by atoms with van der Waals surface area (Å²) >= 11 is 1.66. The van der Waals surface area contributed by atoms with Gasteiger partial charge < -0.3 is 10.4 Å². The molecule has 2 atom stereocenters. The second-order valence-electron chi connectivity index (χ2n) is 6.04. The highest BCUT2D eigenvalue weighted by molar-refractivity contribution is 7.15. The van der Waals surface area contributed by atoms with E-state index in [9.17, 15) is 9.50 Å². The lowest BCUT2D eigenvalue weighted by Crippen LogP contribution is -2.24. The fourth-order valence-corrected chi connectivity index (χ4v) is 3.83. The van der Waals surface area contributed by atoms with E-state index in [0.717, 1.165) is 21.1 Å². The van der Waals surface area contributed by atoms with Gasteiger partial charge in [-0.15, -0.1) is 11.3 Å². The Bertz CT molecular complexity index is 835. The van der Waals surface area contributed by atoms with Gasteiger partial charge in [0.25, 0.3) is 0 Å². The quantitative estimate of drug-likeness (QED) is 0.676. The Kier molecular flexibility index (Phi) is 5.58. The third-order valence-electron chi connectivity index (χ3n) is 4.10. The van der Waals surface area contributed by atoms with Gasteiger partial charge in [-0.1, -0.05) is 42.5 Å². The zero-order valence-electron chi connectivity index (χ0n) is 14.2. The number of benzene rings is 2. The Hall–Kier alpha value is -2.08. The number of hydrogen-bond acceptors (Lipinski definition) is 4. The van der Waals surface area contributed by atoms with Crippen LogP contribution in [0, 0.1) is 12.7 Å². The van der Waals surface area contributed by atoms with E-state index >= 15 is 0 Å². The van der Waals surface area contributed by atoms with Crippen molar-refractivity contribution in [2.24, 2.45) is 0 Å². The van der Waals surface area contributed by atoms with Crippen LogP contribution in [0.5, 0.6) is 0 Å². The summed E-state index contributed by atoms with van der Waals surface area (Å²) in [6, 6.07) is 16.2. The Morgan fingerprint density at radius 1 is 1.16 bits per heavy atom. The van der Waals surface area contributed by atoms with Crippen molar-refractivity contribution in [1.82, 2.24) is 10.3 Å². The Balaban J connectivity index is 1.67. The van der Waals surface area contributed by atoms with Crippen LogP contribution >= 0.6 is 11.3 Å². The highest BCUT2D eigenvalue weighted by Gasteiger charge is 2.17. The Labute approximate surface area is 151 Å². The predicted molar refractivity (Wildman–Crippen MR) is 100 cm³/mol. The molecule has 3 nitrogen and oxygen atoms in total. The van der Waals surface area contributed by atoms with E-state index in [-0.39, 0.29) is 11.9 Å². The molecule has 0 radical (unpaired) electrons. The van der Waals surface area contributed by atoms with Gasteiger partial charge in [0, 0.05) is 23.0 Å². The molecule has 0 aliphatic heterocycles. The Morgan fingerprint density at radius 2 is 1.92 bits per heavy atom. The lowest BCUT2D eigenvalue weighted by Gasteiger charge is -2.17. The van der Waals surface area contributed by atoms with E-state index in [1.807, 2.05) is 44.2 Å². The lowest BCUT2D eigenvalue weighted by molar-refractivity contribution is 0.170. The summed E-state index contributed by atoms with van der Waals surface area (Å²) in [5.41, 5.74) is 2.67. The number of halogens is 1. The third kappa shape index (κ3) is 4.31. The molecule has 3 rings (SSSR count). The summed E-state index contributed by atoms with van der Waals surface area (Å²) in [7, 11) is 0. The highest BCUT2D eigenvalue weighted by Crippen LogP contribution is 2.31. The van der Waals surface area contributed by atoms with Gasteiger partial charge in [0.05, 0.1) is 11.8 Å². The van der Waals surface area contributed by atoms with Crippen molar-refractivity contribution in [3.63, 3.8) is 0 Å². The molecule has 0 spiro atoms. The molecule has 0 aliphatic rings. The average Bonchev–Trinajstić information content (AvgIpc) is 3.02. The minimum Gasteiger partial charge on any atom is -0.387 e. The van der Waals surface area contributed by atoms with Gasteiger partial charge in [0.1, 0.15) is 10.8 Å². The van der Waals surface area contributed by atoms with Crippen LogP contribution in [0.4, 0.5) is 4.39 Å². The summed E-state index contributed by atoms with van der Waals surface area (Å²) in [4.78, 5) is 5.81. The van der Waals surface area contributed by atoms with Crippen LogP contribution in [-0.2, 0) is 0 Å². The summed E-state index contributed by atoms with van der Waals surface area (Å²) < 4.78 is 13.3. The van der Waals surface area contributed by atoms with Crippen molar-refractivity contribution in [3.05, 3.63) is 76.5 Å². The first-order chi connectivity index (χ1) is 12.0. The van der Waals surface area contributed by atoms with Crippen LogP contribution in [0.3, 0.4) is 0 Å². The summed E-state index contributed by atoms with van der Waals surface area (Å²) in [6.07, 6.45) is -0.750. The van der Waals surface area contributed by atoms with Crippen molar-refractivity contribution in [1.29, 1.82) is 0 Å². The lowest BCUT2D eigenvalue weighted by atomic mass is 10.1. The molecule has 0 bridgehead atoms. The summed E-state index contributed by atoms with van der Waals surface area (Å²) in [5, 5.41) is 14.6. The second kappa shape index (κ2) is 7.87. The Morgan fingerprint density at radius 3 is 2.64 bits per heavy atom. The van der Waals surface area contributed by atoms with Crippen LogP contribution in [0.1, 0.15) is 35.2 Å². The average molecular weight is 356 g/mol. The van der Waals surface area contributed by atoms with E-state index in [2.05, 4.69) is 10.3 Å². The molecule has 5 heteroatoms. The van der Waals surface area contributed by atoms with E-state index in [1.54, 1.807) is 23.5 Å². The molecule has 2 unspecified atom stereocenters.